The molecule has 2 N–H and O–H groups in total. The molecule has 0 saturated carbocycles. The zero-order valence-electron chi connectivity index (χ0n) is 11.7. The molecular formula is C13H15N5O2S. The van der Waals surface area contributed by atoms with Crippen LogP contribution in [0, 0.1) is 6.92 Å². The molecule has 0 unspecified atom stereocenters. The van der Waals surface area contributed by atoms with Gasteiger partial charge in [0.1, 0.15) is 5.82 Å². The molecule has 0 aliphatic rings. The minimum absolute atomic E-state index is 0.140. The van der Waals surface area contributed by atoms with Gasteiger partial charge in [-0.15, -0.1) is 10.2 Å². The lowest BCUT2D eigenvalue weighted by molar-refractivity contribution is -0.119. The summed E-state index contributed by atoms with van der Waals surface area (Å²) in [6.45, 7) is 1.83. The molecule has 1 aromatic carbocycles. The number of carbonyl (C=O) groups is 2. The van der Waals surface area contributed by atoms with Gasteiger partial charge in [0.25, 0.3) is 5.91 Å². The lowest BCUT2D eigenvalue weighted by Crippen LogP contribution is -2.42. The van der Waals surface area contributed by atoms with Gasteiger partial charge in [0, 0.05) is 12.6 Å². The Bertz CT molecular complexity index is 641. The van der Waals surface area contributed by atoms with Crippen LogP contribution in [0.4, 0.5) is 0 Å². The third-order valence-corrected chi connectivity index (χ3v) is 3.76. The molecule has 2 amide bonds. The second-order valence-electron chi connectivity index (χ2n) is 4.25. The number of carbonyl (C=O) groups excluding carboxylic acids is 2. The molecule has 0 fully saturated rings. The lowest BCUT2D eigenvalue weighted by Gasteiger charge is -2.07. The SMILES string of the molecule is Cc1nnc(SCC(=O)NNC(=O)c2ccccc2)n1C. The Kier molecular flexibility index (Phi) is 4.94. The first kappa shape index (κ1) is 15.0. The Hall–Kier alpha value is -2.35. The van der Waals surface area contributed by atoms with Crippen LogP contribution in [0.1, 0.15) is 16.2 Å². The van der Waals surface area contributed by atoms with Gasteiger partial charge in [-0.3, -0.25) is 20.4 Å². The van der Waals surface area contributed by atoms with Crippen molar-refractivity contribution in [1.29, 1.82) is 0 Å². The van der Waals surface area contributed by atoms with Crippen LogP contribution >= 0.6 is 11.8 Å². The maximum atomic E-state index is 11.7. The van der Waals surface area contributed by atoms with E-state index in [1.807, 2.05) is 20.0 Å². The van der Waals surface area contributed by atoms with Crippen LogP contribution in [0.5, 0.6) is 0 Å². The first-order valence-corrected chi connectivity index (χ1v) is 7.19. The summed E-state index contributed by atoms with van der Waals surface area (Å²) in [6, 6.07) is 8.65. The third-order valence-electron chi connectivity index (χ3n) is 2.74. The normalized spacial score (nSPS) is 10.2. The maximum absolute atomic E-state index is 11.7. The summed E-state index contributed by atoms with van der Waals surface area (Å²) in [5, 5.41) is 8.49. The number of thioether (sulfide) groups is 1. The molecule has 2 aromatic rings. The maximum Gasteiger partial charge on any atom is 0.269 e. The van der Waals surface area contributed by atoms with E-state index in [0.717, 1.165) is 5.82 Å². The quantitative estimate of drug-likeness (QED) is 0.640. The highest BCUT2D eigenvalue weighted by molar-refractivity contribution is 7.99. The Labute approximate surface area is 126 Å². The summed E-state index contributed by atoms with van der Waals surface area (Å²) >= 11 is 1.25. The number of hydrogen-bond donors (Lipinski definition) is 2. The Morgan fingerprint density at radius 1 is 1.19 bits per heavy atom. The van der Waals surface area contributed by atoms with Crippen molar-refractivity contribution in [2.75, 3.05) is 5.75 Å². The standard InChI is InChI=1S/C13H15N5O2S/c1-9-14-17-13(18(9)2)21-8-11(19)15-16-12(20)10-6-4-3-5-7-10/h3-7H,8H2,1-2H3,(H,15,19)(H,16,20). The van der Waals surface area contributed by atoms with E-state index in [1.165, 1.54) is 11.8 Å². The van der Waals surface area contributed by atoms with Crippen molar-refractivity contribution < 1.29 is 9.59 Å². The van der Waals surface area contributed by atoms with E-state index in [-0.39, 0.29) is 17.6 Å². The van der Waals surface area contributed by atoms with Gasteiger partial charge in [0.15, 0.2) is 5.16 Å². The van der Waals surface area contributed by atoms with Gasteiger partial charge in [-0.05, 0) is 19.1 Å². The monoisotopic (exact) mass is 305 g/mol. The van der Waals surface area contributed by atoms with Crippen LogP contribution in [0.15, 0.2) is 35.5 Å². The number of rotatable bonds is 4. The number of aryl methyl sites for hydroxylation is 1. The van der Waals surface area contributed by atoms with Crippen LogP contribution in [0.3, 0.4) is 0 Å². The number of nitrogens with zero attached hydrogens (tertiary/aromatic N) is 3. The molecule has 0 radical (unpaired) electrons. The largest absolute Gasteiger partial charge is 0.309 e. The second kappa shape index (κ2) is 6.89. The average molecular weight is 305 g/mol. The van der Waals surface area contributed by atoms with Crippen LogP contribution in [-0.2, 0) is 11.8 Å². The van der Waals surface area contributed by atoms with E-state index in [1.54, 1.807) is 28.8 Å². The van der Waals surface area contributed by atoms with Gasteiger partial charge in [-0.25, -0.2) is 0 Å². The minimum Gasteiger partial charge on any atom is -0.309 e. The number of benzene rings is 1. The smallest absolute Gasteiger partial charge is 0.269 e. The fourth-order valence-corrected chi connectivity index (χ4v) is 2.22. The van der Waals surface area contributed by atoms with E-state index in [4.69, 9.17) is 0 Å². The predicted octanol–water partition coefficient (Wildman–Crippen LogP) is 0.677. The van der Waals surface area contributed by atoms with E-state index >= 15 is 0 Å². The van der Waals surface area contributed by atoms with Gasteiger partial charge in [-0.2, -0.15) is 0 Å². The molecule has 21 heavy (non-hydrogen) atoms. The van der Waals surface area contributed by atoms with E-state index in [0.29, 0.717) is 10.7 Å². The highest BCUT2D eigenvalue weighted by atomic mass is 32.2. The summed E-state index contributed by atoms with van der Waals surface area (Å²) in [5.41, 5.74) is 5.20. The predicted molar refractivity (Wildman–Crippen MR) is 78.5 cm³/mol. The Morgan fingerprint density at radius 2 is 1.90 bits per heavy atom. The van der Waals surface area contributed by atoms with E-state index < -0.39 is 0 Å². The number of hydrazine groups is 1. The van der Waals surface area contributed by atoms with Gasteiger partial charge in [0.05, 0.1) is 5.75 Å². The molecule has 0 bridgehead atoms. The third kappa shape index (κ3) is 4.06. The lowest BCUT2D eigenvalue weighted by atomic mass is 10.2. The molecule has 8 heteroatoms. The van der Waals surface area contributed by atoms with Gasteiger partial charge >= 0.3 is 0 Å². The fourth-order valence-electron chi connectivity index (χ4n) is 1.47. The molecule has 110 valence electrons. The first-order chi connectivity index (χ1) is 10.1. The molecule has 1 heterocycles. The molecule has 7 nitrogen and oxygen atoms in total. The van der Waals surface area contributed by atoms with Crippen molar-refractivity contribution in [2.24, 2.45) is 7.05 Å². The van der Waals surface area contributed by atoms with Gasteiger partial charge in [0.2, 0.25) is 5.91 Å². The number of aromatic nitrogens is 3. The molecular weight excluding hydrogens is 290 g/mol. The first-order valence-electron chi connectivity index (χ1n) is 6.21. The highest BCUT2D eigenvalue weighted by Crippen LogP contribution is 2.14. The number of amides is 2. The molecule has 0 saturated heterocycles. The molecule has 0 aliphatic heterocycles. The van der Waals surface area contributed by atoms with Crippen molar-refractivity contribution in [3.63, 3.8) is 0 Å². The average Bonchev–Trinajstić information content (AvgIpc) is 2.83. The number of hydrogen-bond acceptors (Lipinski definition) is 5. The van der Waals surface area contributed by atoms with Crippen molar-refractivity contribution in [3.8, 4) is 0 Å². The topological polar surface area (TPSA) is 88.9 Å². The van der Waals surface area contributed by atoms with Crippen molar-refractivity contribution in [2.45, 2.75) is 12.1 Å². The van der Waals surface area contributed by atoms with E-state index in [9.17, 15) is 9.59 Å². The molecule has 0 spiro atoms. The van der Waals surface area contributed by atoms with Crippen molar-refractivity contribution >= 4 is 23.6 Å². The molecule has 0 atom stereocenters. The summed E-state index contributed by atoms with van der Waals surface area (Å²) in [6.07, 6.45) is 0. The molecule has 2 rings (SSSR count). The second-order valence-corrected chi connectivity index (χ2v) is 5.19. The Balaban J connectivity index is 1.78. The fraction of sp³-hybridized carbons (Fsp3) is 0.231. The molecule has 0 aliphatic carbocycles. The zero-order chi connectivity index (χ0) is 15.2. The summed E-state index contributed by atoms with van der Waals surface area (Å²) in [5.74, 6) is 0.241. The minimum atomic E-state index is -0.358. The zero-order valence-corrected chi connectivity index (χ0v) is 12.5. The van der Waals surface area contributed by atoms with Crippen LogP contribution in [-0.4, -0.2) is 32.3 Å². The van der Waals surface area contributed by atoms with Crippen LogP contribution in [0.25, 0.3) is 0 Å². The Morgan fingerprint density at radius 3 is 2.52 bits per heavy atom. The van der Waals surface area contributed by atoms with Gasteiger partial charge in [-0.1, -0.05) is 30.0 Å². The summed E-state index contributed by atoms with van der Waals surface area (Å²) in [4.78, 5) is 23.4. The van der Waals surface area contributed by atoms with Crippen molar-refractivity contribution in [3.05, 3.63) is 41.7 Å². The number of nitrogens with one attached hydrogen (secondary N) is 2. The van der Waals surface area contributed by atoms with E-state index in [2.05, 4.69) is 21.0 Å². The van der Waals surface area contributed by atoms with Crippen molar-refractivity contribution in [1.82, 2.24) is 25.6 Å². The van der Waals surface area contributed by atoms with Crippen LogP contribution in [0.2, 0.25) is 0 Å². The molecule has 1 aromatic heterocycles. The summed E-state index contributed by atoms with van der Waals surface area (Å²) < 4.78 is 1.79. The highest BCUT2D eigenvalue weighted by Gasteiger charge is 2.10. The van der Waals surface area contributed by atoms with Crippen LogP contribution < -0.4 is 10.9 Å². The van der Waals surface area contributed by atoms with Gasteiger partial charge < -0.3 is 4.57 Å². The summed E-state index contributed by atoms with van der Waals surface area (Å²) in [7, 11) is 1.83.